The smallest absolute Gasteiger partial charge is 0.339 e. The van der Waals surface area contributed by atoms with Crippen LogP contribution >= 0.6 is 0 Å². The maximum Gasteiger partial charge on any atom is 0.339 e. The van der Waals surface area contributed by atoms with Gasteiger partial charge >= 0.3 is 11.9 Å². The molecule has 1 amide bonds. The summed E-state index contributed by atoms with van der Waals surface area (Å²) in [6, 6.07) is 10.3. The first-order valence-electron chi connectivity index (χ1n) is 10.4. The van der Waals surface area contributed by atoms with Crippen LogP contribution in [0.1, 0.15) is 55.9 Å². The monoisotopic (exact) mass is 474 g/mol. The number of nitrogens with zero attached hydrogens (tertiary/aromatic N) is 1. The van der Waals surface area contributed by atoms with Gasteiger partial charge in [-0.2, -0.15) is 0 Å². The number of ether oxygens (including phenoxy) is 2. The van der Waals surface area contributed by atoms with Gasteiger partial charge < -0.3 is 14.8 Å². The number of anilines is 1. The first kappa shape index (κ1) is 24.4. The summed E-state index contributed by atoms with van der Waals surface area (Å²) >= 11 is 0. The second-order valence-corrected chi connectivity index (χ2v) is 9.58. The molecule has 0 saturated carbocycles. The van der Waals surface area contributed by atoms with Crippen molar-refractivity contribution in [1.29, 1.82) is 0 Å². The van der Waals surface area contributed by atoms with E-state index in [-0.39, 0.29) is 28.1 Å². The first-order chi connectivity index (χ1) is 15.7. The molecule has 176 valence electrons. The molecule has 0 bridgehead atoms. The van der Waals surface area contributed by atoms with E-state index in [4.69, 9.17) is 4.74 Å². The summed E-state index contributed by atoms with van der Waals surface area (Å²) in [7, 11) is -0.983. The SMILES string of the molecule is COC(=O)c1ccc(C(=O)OC)c(NC(=O)c2ccc(CS(=O)(=O)N3CCCCC3)cc2)c1. The summed E-state index contributed by atoms with van der Waals surface area (Å²) in [6.07, 6.45) is 2.77. The number of amides is 1. The predicted molar refractivity (Wildman–Crippen MR) is 122 cm³/mol. The van der Waals surface area contributed by atoms with Crippen LogP contribution in [0, 0.1) is 0 Å². The number of rotatable bonds is 7. The van der Waals surface area contributed by atoms with E-state index >= 15 is 0 Å². The highest BCUT2D eigenvalue weighted by Gasteiger charge is 2.24. The van der Waals surface area contributed by atoms with E-state index in [1.807, 2.05) is 0 Å². The minimum atomic E-state index is -3.41. The van der Waals surface area contributed by atoms with Gasteiger partial charge in [0.25, 0.3) is 5.91 Å². The van der Waals surface area contributed by atoms with Crippen molar-refractivity contribution >= 4 is 33.6 Å². The largest absolute Gasteiger partial charge is 0.465 e. The zero-order valence-electron chi connectivity index (χ0n) is 18.5. The molecule has 33 heavy (non-hydrogen) atoms. The third kappa shape index (κ3) is 5.96. The Hall–Kier alpha value is -3.24. The van der Waals surface area contributed by atoms with Crippen molar-refractivity contribution in [2.24, 2.45) is 0 Å². The van der Waals surface area contributed by atoms with Crippen LogP contribution < -0.4 is 5.32 Å². The lowest BCUT2D eigenvalue weighted by Crippen LogP contribution is -2.36. The molecule has 1 aliphatic rings. The molecule has 1 aliphatic heterocycles. The minimum Gasteiger partial charge on any atom is -0.465 e. The average Bonchev–Trinajstić information content (AvgIpc) is 2.83. The quantitative estimate of drug-likeness (QED) is 0.613. The molecule has 1 heterocycles. The van der Waals surface area contributed by atoms with Gasteiger partial charge in [-0.1, -0.05) is 18.6 Å². The van der Waals surface area contributed by atoms with E-state index in [0.29, 0.717) is 18.7 Å². The number of methoxy groups -OCH3 is 2. The van der Waals surface area contributed by atoms with Gasteiger partial charge in [-0.05, 0) is 48.7 Å². The van der Waals surface area contributed by atoms with E-state index < -0.39 is 27.9 Å². The molecular weight excluding hydrogens is 448 g/mol. The van der Waals surface area contributed by atoms with Crippen molar-refractivity contribution in [1.82, 2.24) is 4.31 Å². The summed E-state index contributed by atoms with van der Waals surface area (Å²) in [5, 5.41) is 2.61. The Bertz CT molecular complexity index is 1140. The average molecular weight is 475 g/mol. The number of nitrogens with one attached hydrogen (secondary N) is 1. The number of carbonyl (C=O) groups is 3. The summed E-state index contributed by atoms with van der Waals surface area (Å²) in [6.45, 7) is 1.08. The van der Waals surface area contributed by atoms with Crippen molar-refractivity contribution < 1.29 is 32.3 Å². The highest BCUT2D eigenvalue weighted by atomic mass is 32.2. The van der Waals surface area contributed by atoms with Crippen LogP contribution in [0.5, 0.6) is 0 Å². The highest BCUT2D eigenvalue weighted by molar-refractivity contribution is 7.88. The molecule has 2 aromatic rings. The lowest BCUT2D eigenvalue weighted by Gasteiger charge is -2.25. The van der Waals surface area contributed by atoms with E-state index in [2.05, 4.69) is 10.1 Å². The number of benzene rings is 2. The molecule has 9 nitrogen and oxygen atoms in total. The normalized spacial score (nSPS) is 14.4. The van der Waals surface area contributed by atoms with Gasteiger partial charge in [-0.15, -0.1) is 0 Å². The van der Waals surface area contributed by atoms with Gasteiger partial charge in [0, 0.05) is 18.7 Å². The molecule has 0 aliphatic carbocycles. The van der Waals surface area contributed by atoms with Gasteiger partial charge in [0.05, 0.1) is 36.8 Å². The zero-order valence-corrected chi connectivity index (χ0v) is 19.3. The van der Waals surface area contributed by atoms with Crippen molar-refractivity contribution in [3.05, 3.63) is 64.7 Å². The molecule has 10 heteroatoms. The second-order valence-electron chi connectivity index (χ2n) is 7.61. The number of piperidine rings is 1. The Morgan fingerprint density at radius 2 is 1.48 bits per heavy atom. The Labute approximate surface area is 192 Å². The number of sulfonamides is 1. The molecule has 0 radical (unpaired) electrons. The van der Waals surface area contributed by atoms with Crippen LogP contribution in [-0.2, 0) is 25.2 Å². The summed E-state index contributed by atoms with van der Waals surface area (Å²) in [5.41, 5.74) is 1.14. The summed E-state index contributed by atoms with van der Waals surface area (Å²) in [4.78, 5) is 36.7. The van der Waals surface area contributed by atoms with Crippen LogP contribution in [0.25, 0.3) is 0 Å². The van der Waals surface area contributed by atoms with Crippen LogP contribution in [0.15, 0.2) is 42.5 Å². The molecule has 0 atom stereocenters. The Balaban J connectivity index is 1.76. The van der Waals surface area contributed by atoms with Gasteiger partial charge in [-0.3, -0.25) is 4.79 Å². The van der Waals surface area contributed by atoms with Crippen molar-refractivity contribution in [2.45, 2.75) is 25.0 Å². The van der Waals surface area contributed by atoms with E-state index in [1.165, 1.54) is 48.9 Å². The van der Waals surface area contributed by atoms with Gasteiger partial charge in [0.2, 0.25) is 10.0 Å². The fourth-order valence-electron chi connectivity index (χ4n) is 3.57. The number of hydrogen-bond donors (Lipinski definition) is 1. The van der Waals surface area contributed by atoms with Crippen molar-refractivity contribution in [2.75, 3.05) is 32.6 Å². The molecule has 1 fully saturated rings. The number of esters is 2. The Morgan fingerprint density at radius 3 is 2.09 bits per heavy atom. The number of hydrogen-bond acceptors (Lipinski definition) is 7. The number of carbonyl (C=O) groups excluding carboxylic acids is 3. The maximum absolute atomic E-state index is 12.8. The Kier molecular flexibility index (Phi) is 7.83. The van der Waals surface area contributed by atoms with E-state index in [1.54, 1.807) is 12.1 Å². The van der Waals surface area contributed by atoms with E-state index in [0.717, 1.165) is 19.3 Å². The third-order valence-electron chi connectivity index (χ3n) is 5.37. The van der Waals surface area contributed by atoms with Crippen molar-refractivity contribution in [3.8, 4) is 0 Å². The molecule has 1 saturated heterocycles. The molecule has 1 N–H and O–H groups in total. The van der Waals surface area contributed by atoms with E-state index in [9.17, 15) is 22.8 Å². The summed E-state index contributed by atoms with van der Waals surface area (Å²) < 4.78 is 36.2. The fraction of sp³-hybridized carbons (Fsp3) is 0.348. The standard InChI is InChI=1S/C23H26N2O7S/c1-31-22(27)18-10-11-19(23(28)32-2)20(14-18)24-21(26)17-8-6-16(7-9-17)15-33(29,30)25-12-4-3-5-13-25/h6-11,14H,3-5,12-13,15H2,1-2H3,(H,24,26). The zero-order chi connectivity index (χ0) is 24.0. The highest BCUT2D eigenvalue weighted by Crippen LogP contribution is 2.22. The first-order valence-corrected chi connectivity index (χ1v) is 12.0. The lowest BCUT2D eigenvalue weighted by molar-refractivity contribution is 0.0587. The molecule has 0 unspecified atom stereocenters. The van der Waals surface area contributed by atoms with Crippen LogP contribution in [0.4, 0.5) is 5.69 Å². The second kappa shape index (κ2) is 10.6. The Morgan fingerprint density at radius 1 is 0.879 bits per heavy atom. The lowest BCUT2D eigenvalue weighted by atomic mass is 10.1. The third-order valence-corrected chi connectivity index (χ3v) is 7.22. The maximum atomic E-state index is 12.8. The van der Waals surface area contributed by atoms with Crippen LogP contribution in [0.3, 0.4) is 0 Å². The molecule has 3 rings (SSSR count). The fourth-order valence-corrected chi connectivity index (χ4v) is 5.18. The van der Waals surface area contributed by atoms with Crippen LogP contribution in [0.2, 0.25) is 0 Å². The van der Waals surface area contributed by atoms with Gasteiger partial charge in [0.15, 0.2) is 0 Å². The molecule has 0 spiro atoms. The molecule has 0 aromatic heterocycles. The molecule has 2 aromatic carbocycles. The van der Waals surface area contributed by atoms with Gasteiger partial charge in [-0.25, -0.2) is 22.3 Å². The van der Waals surface area contributed by atoms with Gasteiger partial charge in [0.1, 0.15) is 0 Å². The minimum absolute atomic E-state index is 0.0720. The topological polar surface area (TPSA) is 119 Å². The molecular formula is C23H26N2O7S. The predicted octanol–water partition coefficient (Wildman–Crippen LogP) is 2.83. The van der Waals surface area contributed by atoms with Crippen LogP contribution in [-0.4, -0.2) is 57.9 Å². The van der Waals surface area contributed by atoms with Crippen molar-refractivity contribution in [3.63, 3.8) is 0 Å². The summed E-state index contributed by atoms with van der Waals surface area (Å²) in [5.74, 6) is -1.98.